The molecule has 0 bridgehead atoms. The third kappa shape index (κ3) is 7.18. The molecule has 0 amide bonds. The maximum Gasteiger partial charge on any atom is 0.0285 e. The predicted octanol–water partition coefficient (Wildman–Crippen LogP) is 2.19. The van der Waals surface area contributed by atoms with Crippen molar-refractivity contribution in [2.24, 2.45) is 5.41 Å². The molecule has 0 heterocycles. The van der Waals surface area contributed by atoms with Gasteiger partial charge < -0.3 is 28.7 Å². The van der Waals surface area contributed by atoms with Crippen LogP contribution in [0.1, 0.15) is 20.8 Å². The van der Waals surface area contributed by atoms with Gasteiger partial charge in [0.25, 0.3) is 0 Å². The Bertz CT molecular complexity index is 77.4. The molecular formula is C5H16N5Np-3. The molecule has 69 valence electrons. The van der Waals surface area contributed by atoms with Gasteiger partial charge in [-0.25, -0.2) is 0 Å². The van der Waals surface area contributed by atoms with E-state index in [1.165, 1.54) is 0 Å². The van der Waals surface area contributed by atoms with Crippen LogP contribution in [0.4, 0.5) is 0 Å². The molecule has 0 aliphatic carbocycles. The van der Waals surface area contributed by atoms with E-state index in [1.54, 1.807) is 0 Å². The van der Waals surface area contributed by atoms with Crippen LogP contribution in [0.25, 0.3) is 17.8 Å². The van der Waals surface area contributed by atoms with Crippen LogP contribution in [-0.4, -0.2) is 6.17 Å². The third-order valence-electron chi connectivity index (χ3n) is 1.15. The smallest absolute Gasteiger partial charge is 0.0285 e. The molecular weight excluding hydrogens is 367 g/mol. The predicted molar refractivity (Wildman–Crippen MR) is 43.4 cm³/mol. The van der Waals surface area contributed by atoms with Crippen LogP contribution in [0.15, 0.2) is 0 Å². The SMILES string of the molecule is CC(C)(C)C(N[NH-])N[NH-].[NH2-].[Np]. The second kappa shape index (κ2) is 7.46. The maximum atomic E-state index is 6.78. The molecule has 0 aliphatic heterocycles. The Morgan fingerprint density at radius 1 is 1.09 bits per heavy atom. The molecule has 0 rings (SSSR count). The van der Waals surface area contributed by atoms with Gasteiger partial charge in [-0.15, -0.1) is 0 Å². The quantitative estimate of drug-likeness (QED) is 0.564. The van der Waals surface area contributed by atoms with Crippen molar-refractivity contribution in [2.75, 3.05) is 0 Å². The van der Waals surface area contributed by atoms with Crippen LogP contribution < -0.4 is 10.9 Å². The van der Waals surface area contributed by atoms with Crippen LogP contribution in [0.5, 0.6) is 0 Å². The average molecular weight is 383 g/mol. The van der Waals surface area contributed by atoms with E-state index >= 15 is 0 Å². The zero-order valence-electron chi connectivity index (χ0n) is 7.10. The van der Waals surface area contributed by atoms with Gasteiger partial charge in [0.15, 0.2) is 0 Å². The van der Waals surface area contributed by atoms with Crippen LogP contribution in [0, 0.1) is 35.4 Å². The van der Waals surface area contributed by atoms with Gasteiger partial charge in [0.05, 0.1) is 0 Å². The largest absolute Gasteiger partial charge is 0.693 e. The molecule has 1 radical (unpaired) electrons. The molecule has 0 aliphatic rings. The topological polar surface area (TPSA) is 105 Å². The minimum atomic E-state index is -0.266. The molecule has 0 atom stereocenters. The van der Waals surface area contributed by atoms with Crippen LogP contribution in [0.3, 0.4) is 0 Å². The Hall–Kier alpha value is 0.813. The molecule has 0 aromatic carbocycles. The van der Waals surface area contributed by atoms with Crippen molar-refractivity contribution in [2.45, 2.75) is 26.9 Å². The van der Waals surface area contributed by atoms with Gasteiger partial charge in [-0.05, 0) is 5.41 Å². The minimum Gasteiger partial charge on any atom is -0.693 e. The summed E-state index contributed by atoms with van der Waals surface area (Å²) in [6.45, 7) is 5.88. The van der Waals surface area contributed by atoms with Crippen molar-refractivity contribution in [3.63, 3.8) is 0 Å². The minimum absolute atomic E-state index is 0. The molecule has 0 aromatic heterocycles. The molecule has 0 saturated heterocycles. The number of nitrogens with two attached hydrogens (primary N) is 1. The van der Waals surface area contributed by atoms with Crippen molar-refractivity contribution in [1.29, 1.82) is 0 Å². The van der Waals surface area contributed by atoms with E-state index in [4.69, 9.17) is 11.7 Å². The standard InChI is InChI=1S/C5H14N4.H2N.Np/c1-5(2,3)4(8-6)9-7;;/h4,6-9H,1-3H3;1H2;/q-2;-1;. The monoisotopic (exact) mass is 382 g/mol. The summed E-state index contributed by atoms with van der Waals surface area (Å²) in [5.74, 6) is 13.6. The molecule has 0 spiro atoms. The Labute approximate surface area is 90.8 Å². The summed E-state index contributed by atoms with van der Waals surface area (Å²) < 4.78 is 0. The number of rotatable bonds is 2. The average Bonchev–Trinajstić information content (AvgIpc) is 1.65. The van der Waals surface area contributed by atoms with Gasteiger partial charge in [0.2, 0.25) is 0 Å². The van der Waals surface area contributed by atoms with E-state index in [0.29, 0.717) is 0 Å². The number of nitrogens with one attached hydrogen (secondary N) is 4. The van der Waals surface area contributed by atoms with E-state index in [1.807, 2.05) is 20.8 Å². The Balaban J connectivity index is -0.000000320. The third-order valence-corrected chi connectivity index (χ3v) is 1.15. The van der Waals surface area contributed by atoms with Crippen LogP contribution >= 0.6 is 0 Å². The molecule has 6 heteroatoms. The van der Waals surface area contributed by atoms with E-state index < -0.39 is 0 Å². The van der Waals surface area contributed by atoms with Gasteiger partial charge in [0.1, 0.15) is 0 Å². The molecule has 5 nitrogen and oxygen atoms in total. The van der Waals surface area contributed by atoms with E-state index in [9.17, 15) is 0 Å². The van der Waals surface area contributed by atoms with Crippen molar-refractivity contribution in [1.82, 2.24) is 10.9 Å². The Morgan fingerprint density at radius 2 is 1.36 bits per heavy atom. The molecule has 6 N–H and O–H groups in total. The first kappa shape index (κ1) is 17.8. The van der Waals surface area contributed by atoms with Gasteiger partial charge in [0, 0.05) is 36.1 Å². The zero-order chi connectivity index (χ0) is 7.49. The molecule has 0 unspecified atom stereocenters. The first-order valence-corrected chi connectivity index (χ1v) is 2.87. The van der Waals surface area contributed by atoms with Crippen LogP contribution in [0.2, 0.25) is 0 Å². The van der Waals surface area contributed by atoms with Crippen molar-refractivity contribution in [3.05, 3.63) is 17.8 Å². The van der Waals surface area contributed by atoms with E-state index in [2.05, 4.69) is 10.9 Å². The van der Waals surface area contributed by atoms with Gasteiger partial charge in [-0.3, -0.25) is 0 Å². The number of hydrogen-bond donors (Lipinski definition) is 2. The summed E-state index contributed by atoms with van der Waals surface area (Å²) in [7, 11) is 0. The van der Waals surface area contributed by atoms with Gasteiger partial charge in [-0.2, -0.15) is 0 Å². The summed E-state index contributed by atoms with van der Waals surface area (Å²) >= 11 is 0. The van der Waals surface area contributed by atoms with Crippen molar-refractivity contribution < 1.29 is 29.9 Å². The second-order valence-corrected chi connectivity index (χ2v) is 3.09. The first-order chi connectivity index (χ1) is 4.02. The fourth-order valence-corrected chi connectivity index (χ4v) is 0.469. The number of hydrogen-bond acceptors (Lipinski definition) is 2. The van der Waals surface area contributed by atoms with Gasteiger partial charge >= 0.3 is 0 Å². The van der Waals surface area contributed by atoms with E-state index in [-0.39, 0.29) is 47.7 Å². The molecule has 0 aromatic rings. The van der Waals surface area contributed by atoms with Crippen LogP contribution in [-0.2, 0) is 0 Å². The Morgan fingerprint density at radius 3 is 1.36 bits per heavy atom. The maximum absolute atomic E-state index is 6.78. The van der Waals surface area contributed by atoms with Crippen molar-refractivity contribution in [3.8, 4) is 0 Å². The molecule has 0 fully saturated rings. The summed E-state index contributed by atoms with van der Waals surface area (Å²) in [5.41, 5.74) is 4.41. The van der Waals surface area contributed by atoms with Crippen molar-refractivity contribution >= 4 is 0 Å². The zero-order valence-corrected chi connectivity index (χ0v) is 10.8. The molecule has 11 heavy (non-hydrogen) atoms. The Kier molecular flexibility index (Phi) is 12.1. The normalized spacial score (nSPS) is 10.4. The summed E-state index contributed by atoms with van der Waals surface area (Å²) in [5, 5.41) is 0. The first-order valence-electron chi connectivity index (χ1n) is 2.87. The fraction of sp³-hybridized carbons (Fsp3) is 1.00. The molecule has 0 saturated carbocycles. The fourth-order valence-electron chi connectivity index (χ4n) is 0.469. The second-order valence-electron chi connectivity index (χ2n) is 3.09. The summed E-state index contributed by atoms with van der Waals surface area (Å²) in [4.78, 5) is 0. The van der Waals surface area contributed by atoms with Gasteiger partial charge in [-0.1, -0.05) is 20.8 Å². The summed E-state index contributed by atoms with van der Waals surface area (Å²) in [6.07, 6.45) is -0.266. The van der Waals surface area contributed by atoms with E-state index in [0.717, 1.165) is 0 Å². The summed E-state index contributed by atoms with van der Waals surface area (Å²) in [6, 6.07) is 0.